The molecular formula is C19H14N2O3S2. The second-order valence-corrected chi connectivity index (χ2v) is 9.07. The fraction of sp³-hybridized carbons (Fsp3) is 0.0526. The van der Waals surface area contributed by atoms with Crippen LogP contribution in [0.3, 0.4) is 0 Å². The molecule has 0 unspecified atom stereocenters. The summed E-state index contributed by atoms with van der Waals surface area (Å²) < 4.78 is 23.6. The second kappa shape index (κ2) is 6.19. The molecule has 1 aromatic carbocycles. The fourth-order valence-electron chi connectivity index (χ4n) is 2.83. The van der Waals surface area contributed by atoms with Gasteiger partial charge in [0, 0.05) is 40.0 Å². The maximum absolute atomic E-state index is 11.8. The standard InChI is InChI=1S/C19H14N2O3S2/c1-26(23,24)15-4-2-3-12(7-15)13-8-16-17(10-21-19(16)20-9-13)18-6-5-14(11-22)25-18/h2-11H,1H3,(H,20,21). The van der Waals surface area contributed by atoms with E-state index in [4.69, 9.17) is 0 Å². The molecule has 5 nitrogen and oxygen atoms in total. The molecule has 3 heterocycles. The number of rotatable bonds is 4. The van der Waals surface area contributed by atoms with Gasteiger partial charge in [-0.05, 0) is 35.9 Å². The van der Waals surface area contributed by atoms with Crippen molar-refractivity contribution >= 4 is 38.5 Å². The van der Waals surface area contributed by atoms with E-state index in [9.17, 15) is 13.2 Å². The lowest BCUT2D eigenvalue weighted by atomic mass is 10.1. The molecule has 4 rings (SSSR count). The van der Waals surface area contributed by atoms with Crippen molar-refractivity contribution in [1.82, 2.24) is 9.97 Å². The van der Waals surface area contributed by atoms with Gasteiger partial charge in [-0.15, -0.1) is 11.3 Å². The van der Waals surface area contributed by atoms with Crippen LogP contribution < -0.4 is 0 Å². The zero-order valence-electron chi connectivity index (χ0n) is 13.8. The molecule has 0 bridgehead atoms. The molecule has 1 N–H and O–H groups in total. The van der Waals surface area contributed by atoms with Crippen LogP contribution in [0.1, 0.15) is 9.67 Å². The molecule has 0 amide bonds. The predicted molar refractivity (Wildman–Crippen MR) is 103 cm³/mol. The highest BCUT2D eigenvalue weighted by Gasteiger charge is 2.13. The van der Waals surface area contributed by atoms with Crippen LogP contribution in [0.2, 0.25) is 0 Å². The normalized spacial score (nSPS) is 11.7. The number of carbonyl (C=O) groups is 1. The number of H-pyrrole nitrogens is 1. The van der Waals surface area contributed by atoms with E-state index in [1.165, 1.54) is 17.6 Å². The van der Waals surface area contributed by atoms with Crippen LogP contribution in [-0.4, -0.2) is 30.9 Å². The quantitative estimate of drug-likeness (QED) is 0.537. The minimum absolute atomic E-state index is 0.276. The summed E-state index contributed by atoms with van der Waals surface area (Å²) in [6.45, 7) is 0. The number of benzene rings is 1. The van der Waals surface area contributed by atoms with Crippen molar-refractivity contribution in [2.45, 2.75) is 4.90 Å². The Kier molecular flexibility index (Phi) is 3.97. The van der Waals surface area contributed by atoms with Crippen LogP contribution in [0.5, 0.6) is 0 Å². The smallest absolute Gasteiger partial charge is 0.175 e. The fourth-order valence-corrected chi connectivity index (χ4v) is 4.35. The third-order valence-electron chi connectivity index (χ3n) is 4.14. The van der Waals surface area contributed by atoms with Crippen LogP contribution in [0, 0.1) is 0 Å². The van der Waals surface area contributed by atoms with Gasteiger partial charge in [0.15, 0.2) is 16.1 Å². The van der Waals surface area contributed by atoms with Gasteiger partial charge in [-0.3, -0.25) is 4.79 Å². The van der Waals surface area contributed by atoms with E-state index in [2.05, 4.69) is 9.97 Å². The summed E-state index contributed by atoms with van der Waals surface area (Å²) in [5.41, 5.74) is 3.32. The summed E-state index contributed by atoms with van der Waals surface area (Å²) in [6, 6.07) is 12.5. The number of hydrogen-bond acceptors (Lipinski definition) is 5. The Bertz CT molecular complexity index is 1240. The number of nitrogens with one attached hydrogen (secondary N) is 1. The van der Waals surface area contributed by atoms with Crippen LogP contribution in [0.15, 0.2) is 59.8 Å². The number of aldehydes is 1. The van der Waals surface area contributed by atoms with E-state index >= 15 is 0 Å². The minimum atomic E-state index is -3.27. The summed E-state index contributed by atoms with van der Waals surface area (Å²) >= 11 is 1.42. The number of aromatic amines is 1. The van der Waals surface area contributed by atoms with Crippen molar-refractivity contribution in [2.24, 2.45) is 0 Å². The monoisotopic (exact) mass is 382 g/mol. The molecular weight excluding hydrogens is 368 g/mol. The molecule has 0 saturated carbocycles. The summed E-state index contributed by atoms with van der Waals surface area (Å²) in [6.07, 6.45) is 5.62. The van der Waals surface area contributed by atoms with Gasteiger partial charge in [0.05, 0.1) is 9.77 Å². The highest BCUT2D eigenvalue weighted by molar-refractivity contribution is 7.90. The van der Waals surface area contributed by atoms with E-state index in [0.29, 0.717) is 4.88 Å². The molecule has 26 heavy (non-hydrogen) atoms. The number of fused-ring (bicyclic) bond motifs is 1. The Labute approximate surface area is 154 Å². The van der Waals surface area contributed by atoms with Crippen molar-refractivity contribution in [3.63, 3.8) is 0 Å². The van der Waals surface area contributed by atoms with Crippen molar-refractivity contribution in [3.8, 4) is 21.6 Å². The lowest BCUT2D eigenvalue weighted by Crippen LogP contribution is -1.96. The SMILES string of the molecule is CS(=O)(=O)c1cccc(-c2cnc3[nH]cc(-c4ccc(C=O)s4)c3c2)c1. The molecule has 0 radical (unpaired) electrons. The summed E-state index contributed by atoms with van der Waals surface area (Å²) in [5, 5.41) is 0.923. The predicted octanol–water partition coefficient (Wildman–Crippen LogP) is 4.17. The average molecular weight is 382 g/mol. The summed E-state index contributed by atoms with van der Waals surface area (Å²) in [4.78, 5) is 20.5. The van der Waals surface area contributed by atoms with Gasteiger partial charge < -0.3 is 4.98 Å². The molecule has 3 aromatic heterocycles. The van der Waals surface area contributed by atoms with Gasteiger partial charge >= 0.3 is 0 Å². The van der Waals surface area contributed by atoms with Crippen molar-refractivity contribution in [2.75, 3.05) is 6.26 Å². The first kappa shape index (κ1) is 16.7. The van der Waals surface area contributed by atoms with Gasteiger partial charge in [-0.2, -0.15) is 0 Å². The van der Waals surface area contributed by atoms with Gasteiger partial charge in [0.2, 0.25) is 0 Å². The lowest BCUT2D eigenvalue weighted by molar-refractivity contribution is 0.112. The number of aromatic nitrogens is 2. The number of sulfone groups is 1. The highest BCUT2D eigenvalue weighted by atomic mass is 32.2. The van der Waals surface area contributed by atoms with Crippen LogP contribution >= 0.6 is 11.3 Å². The molecule has 7 heteroatoms. The number of nitrogens with zero attached hydrogens (tertiary/aromatic N) is 1. The zero-order chi connectivity index (χ0) is 18.3. The van der Waals surface area contributed by atoms with E-state index < -0.39 is 9.84 Å². The first-order valence-corrected chi connectivity index (χ1v) is 10.5. The number of thiophene rings is 1. The van der Waals surface area contributed by atoms with Crippen LogP contribution in [0.4, 0.5) is 0 Å². The van der Waals surface area contributed by atoms with Gasteiger partial charge in [-0.25, -0.2) is 13.4 Å². The van der Waals surface area contributed by atoms with Crippen LogP contribution in [0.25, 0.3) is 32.6 Å². The Morgan fingerprint density at radius 3 is 2.69 bits per heavy atom. The number of hydrogen-bond donors (Lipinski definition) is 1. The average Bonchev–Trinajstić information content (AvgIpc) is 3.27. The maximum Gasteiger partial charge on any atom is 0.175 e. The lowest BCUT2D eigenvalue weighted by Gasteiger charge is -2.05. The molecule has 0 spiro atoms. The van der Waals surface area contributed by atoms with Gasteiger partial charge in [0.1, 0.15) is 5.65 Å². The topological polar surface area (TPSA) is 79.9 Å². The minimum Gasteiger partial charge on any atom is -0.345 e. The molecule has 4 aromatic rings. The van der Waals surface area contributed by atoms with Crippen molar-refractivity contribution in [1.29, 1.82) is 0 Å². The number of carbonyl (C=O) groups excluding carboxylic acids is 1. The third-order valence-corrected chi connectivity index (χ3v) is 6.29. The van der Waals surface area contributed by atoms with E-state index in [1.54, 1.807) is 30.5 Å². The molecule has 0 atom stereocenters. The Hall–Kier alpha value is -2.77. The summed E-state index contributed by atoms with van der Waals surface area (Å²) in [5.74, 6) is 0. The molecule has 0 aliphatic heterocycles. The summed E-state index contributed by atoms with van der Waals surface area (Å²) in [7, 11) is -3.27. The first-order chi connectivity index (χ1) is 12.5. The molecule has 0 fully saturated rings. The molecule has 0 aliphatic rings. The van der Waals surface area contributed by atoms with Crippen LogP contribution in [-0.2, 0) is 9.84 Å². The highest BCUT2D eigenvalue weighted by Crippen LogP contribution is 2.34. The largest absolute Gasteiger partial charge is 0.345 e. The second-order valence-electron chi connectivity index (χ2n) is 5.94. The first-order valence-electron chi connectivity index (χ1n) is 7.79. The molecule has 0 saturated heterocycles. The third kappa shape index (κ3) is 2.95. The Morgan fingerprint density at radius 1 is 1.12 bits per heavy atom. The van der Waals surface area contributed by atoms with Crippen molar-refractivity contribution < 1.29 is 13.2 Å². The Balaban J connectivity index is 1.85. The van der Waals surface area contributed by atoms with Gasteiger partial charge in [-0.1, -0.05) is 12.1 Å². The maximum atomic E-state index is 11.8. The van der Waals surface area contributed by atoms with E-state index in [-0.39, 0.29) is 4.90 Å². The van der Waals surface area contributed by atoms with Crippen molar-refractivity contribution in [3.05, 3.63) is 59.7 Å². The molecule has 0 aliphatic carbocycles. The van der Waals surface area contributed by atoms with E-state index in [0.717, 1.165) is 38.9 Å². The Morgan fingerprint density at radius 2 is 1.96 bits per heavy atom. The zero-order valence-corrected chi connectivity index (χ0v) is 15.4. The van der Waals surface area contributed by atoms with E-state index in [1.807, 2.05) is 24.4 Å². The number of pyridine rings is 1. The van der Waals surface area contributed by atoms with Gasteiger partial charge in [0.25, 0.3) is 0 Å². The molecule has 130 valence electrons.